The SMILES string of the molecule is Cn1nccc1CCC(=O)N1CC[C@H](Oc2ccc(Cl)cc2)[C@@H](CC(=O)N2CCOCC2)C1. The van der Waals surface area contributed by atoms with Gasteiger partial charge in [-0.15, -0.1) is 0 Å². The molecule has 9 heteroatoms. The molecule has 1 aromatic heterocycles. The quantitative estimate of drug-likeness (QED) is 0.616. The Hall–Kier alpha value is -2.58. The van der Waals surface area contributed by atoms with E-state index in [1.807, 2.05) is 35.0 Å². The molecule has 3 heterocycles. The lowest BCUT2D eigenvalue weighted by molar-refractivity contribution is -0.141. The molecule has 2 aliphatic rings. The number of carbonyl (C=O) groups excluding carboxylic acids is 2. The third kappa shape index (κ3) is 6.26. The van der Waals surface area contributed by atoms with Gasteiger partial charge in [0.2, 0.25) is 11.8 Å². The van der Waals surface area contributed by atoms with Gasteiger partial charge in [0.15, 0.2) is 0 Å². The summed E-state index contributed by atoms with van der Waals surface area (Å²) in [5, 5.41) is 4.82. The average Bonchev–Trinajstić information content (AvgIpc) is 3.25. The van der Waals surface area contributed by atoms with Crippen LogP contribution in [0.15, 0.2) is 36.5 Å². The van der Waals surface area contributed by atoms with Crippen LogP contribution in [0.2, 0.25) is 5.02 Å². The van der Waals surface area contributed by atoms with Gasteiger partial charge in [0.1, 0.15) is 11.9 Å². The van der Waals surface area contributed by atoms with Crippen LogP contribution in [0.3, 0.4) is 0 Å². The van der Waals surface area contributed by atoms with Crippen LogP contribution in [0.25, 0.3) is 0 Å². The van der Waals surface area contributed by atoms with Crippen LogP contribution in [0, 0.1) is 5.92 Å². The van der Waals surface area contributed by atoms with Gasteiger partial charge < -0.3 is 19.3 Å². The smallest absolute Gasteiger partial charge is 0.223 e. The molecule has 2 amide bonds. The van der Waals surface area contributed by atoms with Crippen molar-refractivity contribution in [2.24, 2.45) is 13.0 Å². The van der Waals surface area contributed by atoms with E-state index in [0.717, 1.165) is 11.4 Å². The summed E-state index contributed by atoms with van der Waals surface area (Å²) in [5.74, 6) is 0.844. The van der Waals surface area contributed by atoms with Crippen molar-refractivity contribution in [1.82, 2.24) is 19.6 Å². The molecule has 2 aromatic rings. The lowest BCUT2D eigenvalue weighted by atomic mass is 9.90. The van der Waals surface area contributed by atoms with Crippen molar-refractivity contribution in [1.29, 1.82) is 0 Å². The Balaban J connectivity index is 1.41. The maximum atomic E-state index is 13.0. The second kappa shape index (κ2) is 11.0. The Bertz CT molecular complexity index is 942. The minimum Gasteiger partial charge on any atom is -0.490 e. The predicted molar refractivity (Wildman–Crippen MR) is 124 cm³/mol. The van der Waals surface area contributed by atoms with Gasteiger partial charge in [0.25, 0.3) is 0 Å². The lowest BCUT2D eigenvalue weighted by Crippen LogP contribution is -2.50. The number of hydrogen-bond acceptors (Lipinski definition) is 5. The summed E-state index contributed by atoms with van der Waals surface area (Å²) in [6, 6.07) is 9.20. The molecule has 33 heavy (non-hydrogen) atoms. The van der Waals surface area contributed by atoms with Crippen LogP contribution in [0.5, 0.6) is 5.75 Å². The number of hydrogen-bond donors (Lipinski definition) is 0. The van der Waals surface area contributed by atoms with Gasteiger partial charge in [-0.2, -0.15) is 5.10 Å². The van der Waals surface area contributed by atoms with Gasteiger partial charge in [0, 0.05) is 75.3 Å². The van der Waals surface area contributed by atoms with Crippen molar-refractivity contribution in [3.63, 3.8) is 0 Å². The van der Waals surface area contributed by atoms with Gasteiger partial charge in [-0.3, -0.25) is 14.3 Å². The fourth-order valence-corrected chi connectivity index (χ4v) is 4.61. The first kappa shape index (κ1) is 23.6. The topological polar surface area (TPSA) is 76.9 Å². The standard InChI is InChI=1S/C24H31ClN4O4/c1-27-20(8-10-26-27)4-7-23(30)29-11-9-22(33-21-5-2-19(25)3-6-21)18(17-29)16-24(31)28-12-14-32-15-13-28/h2-3,5-6,8,10,18,22H,4,7,9,11-17H2,1H3/t18-,22-/m0/s1. The summed E-state index contributed by atoms with van der Waals surface area (Å²) in [4.78, 5) is 29.7. The number of piperidine rings is 1. The van der Waals surface area contributed by atoms with Crippen molar-refractivity contribution in [2.45, 2.75) is 31.8 Å². The predicted octanol–water partition coefficient (Wildman–Crippen LogP) is 2.55. The second-order valence-corrected chi connectivity index (χ2v) is 9.08. The zero-order valence-corrected chi connectivity index (χ0v) is 19.7. The molecule has 2 atom stereocenters. The van der Waals surface area contributed by atoms with Crippen LogP contribution < -0.4 is 4.74 Å². The zero-order chi connectivity index (χ0) is 23.2. The fourth-order valence-electron chi connectivity index (χ4n) is 4.48. The number of carbonyl (C=O) groups is 2. The van der Waals surface area contributed by atoms with E-state index < -0.39 is 0 Å². The summed E-state index contributed by atoms with van der Waals surface area (Å²) in [7, 11) is 1.88. The highest BCUT2D eigenvalue weighted by atomic mass is 35.5. The first-order chi connectivity index (χ1) is 16.0. The molecule has 0 spiro atoms. The van der Waals surface area contributed by atoms with Crippen molar-refractivity contribution in [2.75, 3.05) is 39.4 Å². The number of halogens is 1. The largest absolute Gasteiger partial charge is 0.490 e. The van der Waals surface area contributed by atoms with Crippen molar-refractivity contribution in [3.8, 4) is 5.75 Å². The molecule has 8 nitrogen and oxygen atoms in total. The minimum absolute atomic E-state index is 0.0783. The average molecular weight is 475 g/mol. The Morgan fingerprint density at radius 1 is 1.09 bits per heavy atom. The number of likely N-dealkylation sites (tertiary alicyclic amines) is 1. The summed E-state index contributed by atoms with van der Waals surface area (Å²) < 4.78 is 13.4. The number of rotatable bonds is 7. The number of nitrogens with zero attached hydrogens (tertiary/aromatic N) is 4. The summed E-state index contributed by atoms with van der Waals surface area (Å²) >= 11 is 6.00. The number of morpholine rings is 1. The van der Waals surface area contributed by atoms with Crippen LogP contribution in [0.1, 0.15) is 25.0 Å². The van der Waals surface area contributed by atoms with E-state index in [1.165, 1.54) is 0 Å². The van der Waals surface area contributed by atoms with E-state index in [0.29, 0.717) is 70.1 Å². The number of ether oxygens (including phenoxy) is 2. The Morgan fingerprint density at radius 3 is 2.55 bits per heavy atom. The maximum Gasteiger partial charge on any atom is 0.223 e. The first-order valence-electron chi connectivity index (χ1n) is 11.5. The van der Waals surface area contributed by atoms with E-state index in [9.17, 15) is 9.59 Å². The van der Waals surface area contributed by atoms with Crippen molar-refractivity contribution >= 4 is 23.4 Å². The number of amides is 2. The van der Waals surface area contributed by atoms with E-state index >= 15 is 0 Å². The zero-order valence-electron chi connectivity index (χ0n) is 19.0. The highest BCUT2D eigenvalue weighted by Crippen LogP contribution is 2.28. The van der Waals surface area contributed by atoms with Crippen molar-refractivity contribution in [3.05, 3.63) is 47.2 Å². The van der Waals surface area contributed by atoms with Crippen LogP contribution in [-0.2, 0) is 27.8 Å². The van der Waals surface area contributed by atoms with Crippen LogP contribution in [0.4, 0.5) is 0 Å². The molecule has 0 saturated carbocycles. The molecule has 1 aromatic carbocycles. The molecule has 0 radical (unpaired) electrons. The summed E-state index contributed by atoms with van der Waals surface area (Å²) in [6.07, 6.45) is 3.70. The van der Waals surface area contributed by atoms with Gasteiger partial charge in [0.05, 0.1) is 13.2 Å². The molecule has 0 aliphatic carbocycles. The molecule has 0 bridgehead atoms. The molecular weight excluding hydrogens is 444 g/mol. The normalized spacial score (nSPS) is 21.2. The fraction of sp³-hybridized carbons (Fsp3) is 0.542. The molecule has 178 valence electrons. The number of aromatic nitrogens is 2. The molecule has 0 N–H and O–H groups in total. The first-order valence-corrected chi connectivity index (χ1v) is 11.9. The Morgan fingerprint density at radius 2 is 1.85 bits per heavy atom. The summed E-state index contributed by atoms with van der Waals surface area (Å²) in [6.45, 7) is 3.49. The molecule has 4 rings (SSSR count). The van der Waals surface area contributed by atoms with E-state index in [1.54, 1.807) is 23.0 Å². The Kier molecular flexibility index (Phi) is 7.88. The maximum absolute atomic E-state index is 13.0. The van der Waals surface area contributed by atoms with Crippen LogP contribution >= 0.6 is 11.6 Å². The molecule has 2 fully saturated rings. The second-order valence-electron chi connectivity index (χ2n) is 8.64. The Labute approximate surface area is 199 Å². The highest BCUT2D eigenvalue weighted by Gasteiger charge is 2.35. The molecule has 2 saturated heterocycles. The van der Waals surface area contributed by atoms with E-state index in [4.69, 9.17) is 21.1 Å². The van der Waals surface area contributed by atoms with Gasteiger partial charge in [-0.1, -0.05) is 11.6 Å². The van der Waals surface area contributed by atoms with Gasteiger partial charge in [-0.05, 0) is 36.8 Å². The van der Waals surface area contributed by atoms with Crippen LogP contribution in [-0.4, -0.2) is 76.9 Å². The molecular formula is C24H31ClN4O4. The van der Waals surface area contributed by atoms with E-state index in [2.05, 4.69) is 5.10 Å². The molecule has 2 aliphatic heterocycles. The minimum atomic E-state index is -0.141. The number of benzene rings is 1. The molecule has 0 unspecified atom stereocenters. The highest BCUT2D eigenvalue weighted by molar-refractivity contribution is 6.30. The van der Waals surface area contributed by atoms with Crippen molar-refractivity contribution < 1.29 is 19.1 Å². The lowest BCUT2D eigenvalue weighted by Gasteiger charge is -2.39. The summed E-state index contributed by atoms with van der Waals surface area (Å²) in [5.41, 5.74) is 1.03. The third-order valence-corrected chi connectivity index (χ3v) is 6.69. The third-order valence-electron chi connectivity index (χ3n) is 6.44. The van der Waals surface area contributed by atoms with Gasteiger partial charge in [-0.25, -0.2) is 0 Å². The van der Waals surface area contributed by atoms with E-state index in [-0.39, 0.29) is 23.8 Å². The monoisotopic (exact) mass is 474 g/mol. The van der Waals surface area contributed by atoms with Gasteiger partial charge >= 0.3 is 0 Å². The number of aryl methyl sites for hydroxylation is 2.